The summed E-state index contributed by atoms with van der Waals surface area (Å²) in [6, 6.07) is 9.12. The summed E-state index contributed by atoms with van der Waals surface area (Å²) in [5.74, 6) is 0.660. The van der Waals surface area contributed by atoms with Gasteiger partial charge < -0.3 is 15.2 Å². The Bertz CT molecular complexity index is 799. The lowest BCUT2D eigenvalue weighted by Crippen LogP contribution is -2.33. The number of anilines is 1. The number of nitrogens with zero attached hydrogens (tertiary/aromatic N) is 2. The van der Waals surface area contributed by atoms with Crippen molar-refractivity contribution >= 4 is 23.1 Å². The van der Waals surface area contributed by atoms with Crippen LogP contribution in [0.2, 0.25) is 0 Å². The quantitative estimate of drug-likeness (QED) is 0.736. The molecular formula is C17H18N4O2S. The van der Waals surface area contributed by atoms with Crippen molar-refractivity contribution in [2.24, 2.45) is 0 Å². The van der Waals surface area contributed by atoms with Crippen LogP contribution in [-0.2, 0) is 6.42 Å². The van der Waals surface area contributed by atoms with Crippen LogP contribution in [0, 0.1) is 6.92 Å². The lowest BCUT2D eigenvalue weighted by molar-refractivity contribution is 0.250. The number of urea groups is 1. The summed E-state index contributed by atoms with van der Waals surface area (Å²) in [5, 5.41) is 12.4. The Balaban J connectivity index is 1.80. The van der Waals surface area contributed by atoms with E-state index in [0.717, 1.165) is 10.6 Å². The second kappa shape index (κ2) is 7.27. The molecule has 6 nitrogen and oxygen atoms in total. The van der Waals surface area contributed by atoms with Gasteiger partial charge in [-0.15, -0.1) is 11.3 Å². The molecule has 0 radical (unpaired) electrons. The SMILES string of the molecule is CCc1onc(C)c1NC(=O)NC(c1ccccc1)c1nccs1. The van der Waals surface area contributed by atoms with Crippen LogP contribution in [0.5, 0.6) is 0 Å². The van der Waals surface area contributed by atoms with Crippen molar-refractivity contribution in [3.8, 4) is 0 Å². The van der Waals surface area contributed by atoms with E-state index in [-0.39, 0.29) is 12.1 Å². The van der Waals surface area contributed by atoms with Gasteiger partial charge in [0.1, 0.15) is 22.4 Å². The van der Waals surface area contributed by atoms with Gasteiger partial charge in [0.2, 0.25) is 0 Å². The summed E-state index contributed by atoms with van der Waals surface area (Å²) in [6.45, 7) is 3.75. The zero-order chi connectivity index (χ0) is 16.9. The number of aromatic nitrogens is 2. The first-order chi connectivity index (χ1) is 11.7. The summed E-state index contributed by atoms with van der Waals surface area (Å²) in [6.07, 6.45) is 2.39. The van der Waals surface area contributed by atoms with E-state index in [4.69, 9.17) is 4.52 Å². The molecule has 3 aromatic rings. The average Bonchev–Trinajstić information content (AvgIpc) is 3.24. The Morgan fingerprint density at radius 2 is 2.12 bits per heavy atom. The summed E-state index contributed by atoms with van der Waals surface area (Å²) in [5.41, 5.74) is 2.26. The molecule has 3 rings (SSSR count). The minimum atomic E-state index is -0.319. The van der Waals surface area contributed by atoms with Crippen LogP contribution in [0.1, 0.15) is 35.0 Å². The molecule has 0 aliphatic rings. The normalized spacial score (nSPS) is 11.9. The van der Waals surface area contributed by atoms with Crippen LogP contribution < -0.4 is 10.6 Å². The maximum atomic E-state index is 12.5. The van der Waals surface area contributed by atoms with Crippen LogP contribution in [0.4, 0.5) is 10.5 Å². The van der Waals surface area contributed by atoms with E-state index in [1.807, 2.05) is 42.6 Å². The van der Waals surface area contributed by atoms with Gasteiger partial charge in [-0.25, -0.2) is 9.78 Å². The van der Waals surface area contributed by atoms with Crippen molar-refractivity contribution in [1.29, 1.82) is 0 Å². The van der Waals surface area contributed by atoms with Crippen LogP contribution in [0.15, 0.2) is 46.4 Å². The molecule has 24 heavy (non-hydrogen) atoms. The molecule has 1 unspecified atom stereocenters. The third kappa shape index (κ3) is 3.46. The third-order valence-corrected chi connectivity index (χ3v) is 4.44. The molecule has 0 saturated carbocycles. The number of aryl methyl sites for hydroxylation is 2. The van der Waals surface area contributed by atoms with E-state index in [9.17, 15) is 4.79 Å². The van der Waals surface area contributed by atoms with Crippen molar-refractivity contribution in [3.63, 3.8) is 0 Å². The van der Waals surface area contributed by atoms with Gasteiger partial charge >= 0.3 is 6.03 Å². The number of carbonyl (C=O) groups excluding carboxylic acids is 1. The number of benzene rings is 1. The second-order valence-electron chi connectivity index (χ2n) is 5.23. The fourth-order valence-electron chi connectivity index (χ4n) is 2.41. The van der Waals surface area contributed by atoms with Gasteiger partial charge in [-0.1, -0.05) is 42.4 Å². The van der Waals surface area contributed by atoms with E-state index in [1.54, 1.807) is 13.1 Å². The maximum absolute atomic E-state index is 12.5. The van der Waals surface area contributed by atoms with Gasteiger partial charge in [0.05, 0.1) is 0 Å². The Morgan fingerprint density at radius 3 is 2.79 bits per heavy atom. The highest BCUT2D eigenvalue weighted by Crippen LogP contribution is 2.25. The molecule has 0 spiro atoms. The highest BCUT2D eigenvalue weighted by atomic mass is 32.1. The van der Waals surface area contributed by atoms with Crippen molar-refractivity contribution < 1.29 is 9.32 Å². The largest absolute Gasteiger partial charge is 0.359 e. The minimum Gasteiger partial charge on any atom is -0.359 e. The van der Waals surface area contributed by atoms with Crippen LogP contribution in [0.25, 0.3) is 0 Å². The summed E-state index contributed by atoms with van der Waals surface area (Å²) >= 11 is 1.50. The molecule has 0 saturated heterocycles. The number of rotatable bonds is 5. The fraction of sp³-hybridized carbons (Fsp3) is 0.235. The van der Waals surface area contributed by atoms with Gasteiger partial charge in [0.15, 0.2) is 5.76 Å². The zero-order valence-corrected chi connectivity index (χ0v) is 14.3. The number of carbonyl (C=O) groups is 1. The molecule has 0 bridgehead atoms. The topological polar surface area (TPSA) is 80.0 Å². The van der Waals surface area contributed by atoms with Gasteiger partial charge in [-0.2, -0.15) is 0 Å². The molecule has 0 aliphatic carbocycles. The van der Waals surface area contributed by atoms with Crippen LogP contribution in [0.3, 0.4) is 0 Å². The molecule has 1 atom stereocenters. The first-order valence-corrected chi connectivity index (χ1v) is 8.54. The Kier molecular flexibility index (Phi) is 4.90. The van der Waals surface area contributed by atoms with Crippen molar-refractivity contribution in [2.75, 3.05) is 5.32 Å². The lowest BCUT2D eigenvalue weighted by Gasteiger charge is -2.17. The highest BCUT2D eigenvalue weighted by Gasteiger charge is 2.21. The molecule has 124 valence electrons. The fourth-order valence-corrected chi connectivity index (χ4v) is 3.12. The van der Waals surface area contributed by atoms with Crippen molar-refractivity contribution in [2.45, 2.75) is 26.3 Å². The third-order valence-electron chi connectivity index (χ3n) is 3.60. The van der Waals surface area contributed by atoms with Crippen molar-refractivity contribution in [1.82, 2.24) is 15.5 Å². The van der Waals surface area contributed by atoms with Crippen LogP contribution >= 0.6 is 11.3 Å². The summed E-state index contributed by atoms with van der Waals surface area (Å²) in [4.78, 5) is 16.8. The first kappa shape index (κ1) is 16.2. The standard InChI is InChI=1S/C17H18N4O2S/c1-3-13-14(11(2)21-23-13)19-17(22)20-15(16-18-9-10-24-16)12-7-5-4-6-8-12/h4-10,15H,3H2,1-2H3,(H2,19,20,22). The maximum Gasteiger partial charge on any atom is 0.320 e. The molecular weight excluding hydrogens is 324 g/mol. The molecule has 7 heteroatoms. The average molecular weight is 342 g/mol. The second-order valence-corrected chi connectivity index (χ2v) is 6.16. The zero-order valence-electron chi connectivity index (χ0n) is 13.4. The van der Waals surface area contributed by atoms with E-state index in [1.165, 1.54) is 11.3 Å². The van der Waals surface area contributed by atoms with Gasteiger partial charge in [0, 0.05) is 18.0 Å². The van der Waals surface area contributed by atoms with E-state index in [0.29, 0.717) is 23.6 Å². The number of thiazole rings is 1. The Morgan fingerprint density at radius 1 is 1.33 bits per heavy atom. The van der Waals surface area contributed by atoms with Crippen molar-refractivity contribution in [3.05, 3.63) is 63.9 Å². The van der Waals surface area contributed by atoms with Gasteiger partial charge in [0.25, 0.3) is 0 Å². The number of amides is 2. The predicted octanol–water partition coefficient (Wildman–Crippen LogP) is 3.91. The lowest BCUT2D eigenvalue weighted by atomic mass is 10.1. The number of hydrogen-bond donors (Lipinski definition) is 2. The molecule has 2 heterocycles. The predicted molar refractivity (Wildman–Crippen MR) is 93.2 cm³/mol. The molecule has 0 aliphatic heterocycles. The summed E-state index contributed by atoms with van der Waals surface area (Å²) in [7, 11) is 0. The smallest absolute Gasteiger partial charge is 0.320 e. The monoisotopic (exact) mass is 342 g/mol. The van der Waals surface area contributed by atoms with Crippen LogP contribution in [-0.4, -0.2) is 16.2 Å². The van der Waals surface area contributed by atoms with Gasteiger partial charge in [-0.3, -0.25) is 0 Å². The van der Waals surface area contributed by atoms with E-state index in [2.05, 4.69) is 20.8 Å². The van der Waals surface area contributed by atoms with E-state index >= 15 is 0 Å². The number of hydrogen-bond acceptors (Lipinski definition) is 5. The highest BCUT2D eigenvalue weighted by molar-refractivity contribution is 7.09. The first-order valence-electron chi connectivity index (χ1n) is 7.66. The summed E-state index contributed by atoms with van der Waals surface area (Å²) < 4.78 is 5.20. The Hall–Kier alpha value is -2.67. The molecule has 1 aromatic carbocycles. The number of nitrogens with one attached hydrogen (secondary N) is 2. The minimum absolute atomic E-state index is 0.309. The van der Waals surface area contributed by atoms with Gasteiger partial charge in [-0.05, 0) is 12.5 Å². The molecule has 2 amide bonds. The Labute approximate surface area is 143 Å². The molecule has 0 fully saturated rings. The van der Waals surface area contributed by atoms with E-state index < -0.39 is 0 Å². The molecule has 2 N–H and O–H groups in total. The molecule has 2 aromatic heterocycles.